The minimum Gasteiger partial charge on any atom is -0.398 e. The largest absolute Gasteiger partial charge is 0.398 e. The lowest BCUT2D eigenvalue weighted by Gasteiger charge is -2.32. The van der Waals surface area contributed by atoms with E-state index in [0.717, 1.165) is 24.2 Å². The van der Waals surface area contributed by atoms with Crippen molar-refractivity contribution >= 4 is 28.6 Å². The molecule has 0 aliphatic carbocycles. The summed E-state index contributed by atoms with van der Waals surface area (Å²) >= 11 is 1.32. The number of thiazole rings is 1. The van der Waals surface area contributed by atoms with Crippen LogP contribution in [-0.2, 0) is 0 Å². The highest BCUT2D eigenvalue weighted by atomic mass is 32.1. The number of para-hydroxylation sites is 1. The summed E-state index contributed by atoms with van der Waals surface area (Å²) in [6.45, 7) is 4.80. The molecule has 1 amide bonds. The van der Waals surface area contributed by atoms with E-state index in [9.17, 15) is 9.18 Å². The van der Waals surface area contributed by atoms with Crippen molar-refractivity contribution < 1.29 is 14.6 Å². The highest BCUT2D eigenvalue weighted by Crippen LogP contribution is 2.33. The molecule has 1 fully saturated rings. The third kappa shape index (κ3) is 4.22. The zero-order chi connectivity index (χ0) is 22.1. The van der Waals surface area contributed by atoms with Crippen LogP contribution in [0.25, 0.3) is 10.4 Å². The van der Waals surface area contributed by atoms with E-state index < -0.39 is 0 Å². The van der Waals surface area contributed by atoms with Crippen molar-refractivity contribution in [1.82, 2.24) is 14.8 Å². The molecule has 1 saturated heterocycles. The van der Waals surface area contributed by atoms with E-state index in [1.165, 1.54) is 23.5 Å². The Bertz CT molecular complexity index is 1130. The fourth-order valence-corrected chi connectivity index (χ4v) is 4.60. The lowest BCUT2D eigenvalue weighted by Crippen LogP contribution is -2.47. The van der Waals surface area contributed by atoms with Gasteiger partial charge in [0.05, 0.1) is 10.4 Å². The van der Waals surface area contributed by atoms with Gasteiger partial charge in [-0.1, -0.05) is 24.3 Å². The number of carbonyl (C=O) groups is 1. The summed E-state index contributed by atoms with van der Waals surface area (Å²) in [5.41, 5.74) is 9.93. The molecule has 31 heavy (non-hydrogen) atoms. The van der Waals surface area contributed by atoms with Crippen molar-refractivity contribution in [3.63, 3.8) is 0 Å². The number of piperazine rings is 1. The first-order chi connectivity index (χ1) is 14.8. The second kappa shape index (κ2) is 8.56. The number of carbonyl (C=O) groups excluding carboxylic acids is 1. The van der Waals surface area contributed by atoms with Crippen LogP contribution < -0.4 is 11.1 Å². The quantitative estimate of drug-likeness (QED) is 0.481. The number of amides is 1. The third-order valence-corrected chi connectivity index (χ3v) is 6.71. The van der Waals surface area contributed by atoms with Crippen molar-refractivity contribution in [1.29, 1.82) is 0 Å². The molecule has 0 bridgehead atoms. The molecule has 0 saturated carbocycles. The molecule has 1 aliphatic heterocycles. The molecular formula is C23H25FN5OS+. The van der Waals surface area contributed by atoms with Gasteiger partial charge in [-0.05, 0) is 43.3 Å². The molecule has 2 heterocycles. The highest BCUT2D eigenvalue weighted by molar-refractivity contribution is 7.17. The number of likely N-dealkylation sites (N-methyl/N-ethyl adjacent to an activating group) is 1. The van der Waals surface area contributed by atoms with Crippen LogP contribution in [0.1, 0.15) is 26.6 Å². The van der Waals surface area contributed by atoms with Crippen LogP contribution in [0.2, 0.25) is 0 Å². The van der Waals surface area contributed by atoms with Crippen molar-refractivity contribution in [2.45, 2.75) is 6.92 Å². The summed E-state index contributed by atoms with van der Waals surface area (Å²) in [7, 11) is 2.04. The monoisotopic (exact) mass is 438 g/mol. The Hall–Kier alpha value is -3.10. The standard InChI is InChI=1S/C23H24FN5OS/c1-14-4-3-5-17(18(14)25)19(26)22-27-20(23(30)29-12-10-28(2)11-13-29)21(31-22)15-6-8-16(24)9-7-15/h3-9,26H,10-13,25H2,1-2H3/p+1. The Morgan fingerprint density at radius 2 is 1.81 bits per heavy atom. The number of anilines is 1. The number of nitrogens with zero attached hydrogens (tertiary/aromatic N) is 3. The van der Waals surface area contributed by atoms with Gasteiger partial charge in [0, 0.05) is 31.9 Å². The van der Waals surface area contributed by atoms with Crippen molar-refractivity contribution in [3.05, 3.63) is 70.1 Å². The van der Waals surface area contributed by atoms with E-state index in [-0.39, 0.29) is 11.7 Å². The van der Waals surface area contributed by atoms with Gasteiger partial charge in [0.2, 0.25) is 5.71 Å². The van der Waals surface area contributed by atoms with Crippen molar-refractivity contribution in [2.24, 2.45) is 0 Å². The molecule has 0 atom stereocenters. The zero-order valence-electron chi connectivity index (χ0n) is 17.6. The summed E-state index contributed by atoms with van der Waals surface area (Å²) < 4.78 is 13.5. The lowest BCUT2D eigenvalue weighted by molar-refractivity contribution is -0.111. The Morgan fingerprint density at radius 1 is 1.13 bits per heavy atom. The lowest BCUT2D eigenvalue weighted by atomic mass is 10.0. The summed E-state index contributed by atoms with van der Waals surface area (Å²) in [6, 6.07) is 11.7. The van der Waals surface area contributed by atoms with E-state index in [1.807, 2.05) is 37.1 Å². The molecule has 0 unspecified atom stereocenters. The number of hydrogen-bond acceptors (Lipinski definition) is 5. The van der Waals surface area contributed by atoms with E-state index in [0.29, 0.717) is 45.6 Å². The molecule has 1 aromatic heterocycles. The van der Waals surface area contributed by atoms with E-state index >= 15 is 0 Å². The van der Waals surface area contributed by atoms with Crippen LogP contribution in [0.3, 0.4) is 0 Å². The molecule has 4 N–H and O–H groups in total. The smallest absolute Gasteiger partial charge is 0.274 e. The molecule has 0 spiro atoms. The number of nitrogen functional groups attached to an aromatic ring is 1. The number of aromatic nitrogens is 1. The average Bonchev–Trinajstić information content (AvgIpc) is 3.21. The second-order valence-electron chi connectivity index (χ2n) is 7.75. The molecule has 4 rings (SSSR count). The second-order valence-corrected chi connectivity index (χ2v) is 8.75. The number of hydrogen-bond donors (Lipinski definition) is 2. The average molecular weight is 439 g/mol. The molecule has 3 aromatic rings. The van der Waals surface area contributed by atoms with Crippen molar-refractivity contribution in [2.75, 3.05) is 39.0 Å². The summed E-state index contributed by atoms with van der Waals surface area (Å²) in [6.07, 6.45) is 0. The van der Waals surface area contributed by atoms with E-state index in [4.69, 9.17) is 11.1 Å². The minimum atomic E-state index is -0.334. The van der Waals surface area contributed by atoms with Gasteiger partial charge in [0.15, 0.2) is 5.01 Å². The number of benzene rings is 2. The van der Waals surface area contributed by atoms with Crippen LogP contribution in [0, 0.1) is 12.7 Å². The van der Waals surface area contributed by atoms with Gasteiger partial charge < -0.3 is 15.5 Å². The number of halogens is 1. The minimum absolute atomic E-state index is 0.139. The third-order valence-electron chi connectivity index (χ3n) is 5.57. The molecular weight excluding hydrogens is 413 g/mol. The van der Waals surface area contributed by atoms with Gasteiger partial charge in [0.25, 0.3) is 5.91 Å². The van der Waals surface area contributed by atoms with Gasteiger partial charge in [-0.25, -0.2) is 9.37 Å². The van der Waals surface area contributed by atoms with Crippen LogP contribution in [-0.4, -0.2) is 59.6 Å². The molecule has 1 aliphatic rings. The fourth-order valence-electron chi connectivity index (χ4n) is 3.57. The van der Waals surface area contributed by atoms with Crippen LogP contribution in [0.4, 0.5) is 10.1 Å². The van der Waals surface area contributed by atoms with Gasteiger partial charge in [-0.15, -0.1) is 11.3 Å². The first kappa shape index (κ1) is 21.1. The SMILES string of the molecule is Cc1cccc(C(=[NH2+])c2nc(C(=O)N3CCN(C)CC3)c(-c3ccc(F)cc3)s2)c1N. The molecule has 6 nitrogen and oxygen atoms in total. The van der Waals surface area contributed by atoms with Gasteiger partial charge in [0.1, 0.15) is 11.5 Å². The fraction of sp³-hybridized carbons (Fsp3) is 0.261. The molecule has 8 heteroatoms. The first-order valence-corrected chi connectivity index (χ1v) is 10.9. The van der Waals surface area contributed by atoms with Crippen LogP contribution >= 0.6 is 11.3 Å². The molecule has 2 aromatic carbocycles. The molecule has 160 valence electrons. The number of aryl methyl sites for hydroxylation is 1. The maximum Gasteiger partial charge on any atom is 0.274 e. The maximum atomic E-state index is 13.5. The Kier molecular flexibility index (Phi) is 5.84. The summed E-state index contributed by atoms with van der Waals surface area (Å²) in [4.78, 5) is 22.7. The maximum absolute atomic E-state index is 13.5. The van der Waals surface area contributed by atoms with E-state index in [2.05, 4.69) is 9.88 Å². The zero-order valence-corrected chi connectivity index (χ0v) is 18.4. The van der Waals surface area contributed by atoms with E-state index in [1.54, 1.807) is 12.1 Å². The highest BCUT2D eigenvalue weighted by Gasteiger charge is 2.29. The first-order valence-electron chi connectivity index (χ1n) is 10.1. The molecule has 0 radical (unpaired) electrons. The normalized spacial score (nSPS) is 14.6. The number of nitrogens with two attached hydrogens (primary N) is 2. The van der Waals surface area contributed by atoms with Crippen molar-refractivity contribution in [3.8, 4) is 10.4 Å². The summed E-state index contributed by atoms with van der Waals surface area (Å²) in [5.74, 6) is -0.473. The van der Waals surface area contributed by atoms with Crippen LogP contribution in [0.15, 0.2) is 42.5 Å². The topological polar surface area (TPSA) is 88.1 Å². The Balaban J connectivity index is 1.76. The van der Waals surface area contributed by atoms with Gasteiger partial charge in [-0.2, -0.15) is 0 Å². The van der Waals surface area contributed by atoms with Crippen LogP contribution in [0.5, 0.6) is 0 Å². The number of rotatable bonds is 4. The van der Waals surface area contributed by atoms with Gasteiger partial charge in [-0.3, -0.25) is 10.2 Å². The Morgan fingerprint density at radius 3 is 2.48 bits per heavy atom. The summed E-state index contributed by atoms with van der Waals surface area (Å²) in [5, 5.41) is 6.98. The van der Waals surface area contributed by atoms with Gasteiger partial charge >= 0.3 is 0 Å². The predicted octanol–water partition coefficient (Wildman–Crippen LogP) is 1.82. The predicted molar refractivity (Wildman–Crippen MR) is 122 cm³/mol. The Labute approximate surface area is 184 Å².